The first-order chi connectivity index (χ1) is 8.63. The van der Waals surface area contributed by atoms with Crippen molar-refractivity contribution in [1.29, 1.82) is 0 Å². The molecule has 3 nitrogen and oxygen atoms in total. The lowest BCUT2D eigenvalue weighted by Gasteiger charge is -2.22. The molecule has 1 amide bonds. The molecule has 0 radical (unpaired) electrons. The lowest BCUT2D eigenvalue weighted by atomic mass is 10.1. The minimum atomic E-state index is 0.00236. The van der Waals surface area contributed by atoms with Crippen LogP contribution in [0.1, 0.15) is 65.2 Å². The fourth-order valence-electron chi connectivity index (χ4n) is 2.35. The second-order valence-corrected chi connectivity index (χ2v) is 6.56. The summed E-state index contributed by atoms with van der Waals surface area (Å²) in [6.45, 7) is 4.39. The molecule has 1 aliphatic rings. The smallest absolute Gasteiger partial charge is 0.252 e. The summed E-state index contributed by atoms with van der Waals surface area (Å²) >= 11 is 7.02. The van der Waals surface area contributed by atoms with Crippen molar-refractivity contribution in [3.8, 4) is 0 Å². The predicted molar refractivity (Wildman–Crippen MR) is 82.4 cm³/mol. The summed E-state index contributed by atoms with van der Waals surface area (Å²) in [5.74, 6) is 0.199. The van der Waals surface area contributed by atoms with Gasteiger partial charge in [0.1, 0.15) is 12.2 Å². The van der Waals surface area contributed by atoms with Crippen molar-refractivity contribution in [3.05, 3.63) is 0 Å². The predicted octanol–water partition coefficient (Wildman–Crippen LogP) is 4.61. The average molecular weight is 384 g/mol. The summed E-state index contributed by atoms with van der Waals surface area (Å²) in [4.78, 5) is 12.2. The van der Waals surface area contributed by atoms with E-state index in [2.05, 4.69) is 50.1 Å². The number of carbonyl (C=O) groups excluding carboxylic acids is 1. The molecule has 1 heterocycles. The average Bonchev–Trinajstić information content (AvgIpc) is 2.56. The normalized spacial score (nSPS) is 25.1. The zero-order valence-electron chi connectivity index (χ0n) is 11.4. The van der Waals surface area contributed by atoms with Gasteiger partial charge in [-0.2, -0.15) is 0 Å². The Kier molecular flexibility index (Phi) is 7.80. The monoisotopic (exact) mass is 382 g/mol. The molecule has 18 heavy (non-hydrogen) atoms. The van der Waals surface area contributed by atoms with Gasteiger partial charge in [0.2, 0.25) is 0 Å². The van der Waals surface area contributed by atoms with Crippen molar-refractivity contribution < 1.29 is 4.79 Å². The maximum atomic E-state index is 12.2. The molecule has 1 rings (SSSR count). The molecule has 2 atom stereocenters. The molecule has 1 saturated heterocycles. The maximum Gasteiger partial charge on any atom is 0.252 e. The maximum absolute atomic E-state index is 12.2. The Morgan fingerprint density at radius 3 is 2.11 bits per heavy atom. The van der Waals surface area contributed by atoms with Gasteiger partial charge in [0, 0.05) is 16.1 Å². The first kappa shape index (κ1) is 16.4. The highest BCUT2D eigenvalue weighted by atomic mass is 79.9. The Balaban J connectivity index is 2.48. The molecular formula is C13H24Br2N2O. The van der Waals surface area contributed by atoms with Crippen molar-refractivity contribution in [2.75, 3.05) is 0 Å². The van der Waals surface area contributed by atoms with Gasteiger partial charge < -0.3 is 0 Å². The molecule has 0 aromatic heterocycles. The van der Waals surface area contributed by atoms with Crippen LogP contribution in [0.15, 0.2) is 0 Å². The van der Waals surface area contributed by atoms with Gasteiger partial charge in [0.05, 0.1) is 16.1 Å². The molecule has 0 aromatic carbocycles. The summed E-state index contributed by atoms with van der Waals surface area (Å²) < 4.78 is 3.80. The third-order valence-corrected chi connectivity index (χ3v) is 5.28. The molecule has 0 spiro atoms. The molecule has 0 N–H and O–H groups in total. The highest BCUT2D eigenvalue weighted by Crippen LogP contribution is 2.33. The van der Waals surface area contributed by atoms with Crippen molar-refractivity contribution in [2.45, 2.75) is 77.4 Å². The van der Waals surface area contributed by atoms with E-state index in [4.69, 9.17) is 0 Å². The van der Waals surface area contributed by atoms with E-state index in [1.54, 1.807) is 3.93 Å². The molecule has 0 saturated carbocycles. The van der Waals surface area contributed by atoms with Crippen LogP contribution in [0.25, 0.3) is 0 Å². The molecule has 1 fully saturated rings. The summed E-state index contributed by atoms with van der Waals surface area (Å²) in [7, 11) is 0. The second-order valence-electron chi connectivity index (χ2n) is 4.98. The summed E-state index contributed by atoms with van der Waals surface area (Å²) in [6.07, 6.45) is 9.27. The van der Waals surface area contributed by atoms with E-state index in [0.717, 1.165) is 19.3 Å². The van der Waals surface area contributed by atoms with Crippen LogP contribution < -0.4 is 0 Å². The standard InChI is InChI=1S/C13H24Br2N2O/c1-3-5-7-9-11-13(18)17(15)12(16(11)14)10-8-6-4-2/h11-12H,3-10H2,1-2H3. The van der Waals surface area contributed by atoms with Gasteiger partial charge in [0.15, 0.2) is 0 Å². The van der Waals surface area contributed by atoms with E-state index in [-0.39, 0.29) is 18.1 Å². The van der Waals surface area contributed by atoms with Crippen LogP contribution in [0.4, 0.5) is 0 Å². The number of rotatable bonds is 8. The minimum absolute atomic E-state index is 0.00236. The Hall–Kier alpha value is 0.390. The molecule has 5 heteroatoms. The van der Waals surface area contributed by atoms with Gasteiger partial charge in [-0.15, -0.1) is 0 Å². The molecule has 2 unspecified atom stereocenters. The van der Waals surface area contributed by atoms with E-state index >= 15 is 0 Å². The van der Waals surface area contributed by atoms with Gasteiger partial charge in [-0.25, -0.2) is 3.93 Å². The van der Waals surface area contributed by atoms with Gasteiger partial charge in [-0.1, -0.05) is 46.0 Å². The topological polar surface area (TPSA) is 23.6 Å². The molecule has 0 aromatic rings. The number of amides is 1. The van der Waals surface area contributed by atoms with Gasteiger partial charge in [-0.05, 0) is 19.3 Å². The van der Waals surface area contributed by atoms with Crippen molar-refractivity contribution in [3.63, 3.8) is 0 Å². The van der Waals surface area contributed by atoms with E-state index < -0.39 is 0 Å². The minimum Gasteiger partial charge on any atom is -0.272 e. The van der Waals surface area contributed by atoms with Gasteiger partial charge in [0.25, 0.3) is 5.91 Å². The van der Waals surface area contributed by atoms with Crippen molar-refractivity contribution in [2.24, 2.45) is 0 Å². The zero-order valence-corrected chi connectivity index (χ0v) is 14.5. The third kappa shape index (κ3) is 4.20. The number of nitrogens with zero attached hydrogens (tertiary/aromatic N) is 2. The lowest BCUT2D eigenvalue weighted by molar-refractivity contribution is -0.125. The highest BCUT2D eigenvalue weighted by molar-refractivity contribution is 9.08. The third-order valence-electron chi connectivity index (χ3n) is 3.49. The lowest BCUT2D eigenvalue weighted by Crippen LogP contribution is -2.30. The van der Waals surface area contributed by atoms with E-state index in [1.807, 2.05) is 0 Å². The fraction of sp³-hybridized carbons (Fsp3) is 0.923. The Bertz CT molecular complexity index is 263. The van der Waals surface area contributed by atoms with E-state index in [1.165, 1.54) is 32.1 Å². The summed E-state index contributed by atoms with van der Waals surface area (Å²) in [5, 5.41) is 0. The quantitative estimate of drug-likeness (QED) is 0.451. The molecular weight excluding hydrogens is 360 g/mol. The SMILES string of the molecule is CCCCCC1C(=O)N(Br)C(CCCCC)N1Br. The molecule has 106 valence electrons. The van der Waals surface area contributed by atoms with Crippen molar-refractivity contribution >= 4 is 38.2 Å². The van der Waals surface area contributed by atoms with Gasteiger partial charge >= 0.3 is 0 Å². The Morgan fingerprint density at radius 1 is 1.00 bits per heavy atom. The first-order valence-electron chi connectivity index (χ1n) is 7.06. The fourth-order valence-corrected chi connectivity index (χ4v) is 4.00. The molecule has 1 aliphatic heterocycles. The number of hydrogen-bond donors (Lipinski definition) is 0. The number of carbonyl (C=O) groups is 1. The van der Waals surface area contributed by atoms with E-state index in [0.29, 0.717) is 0 Å². The van der Waals surface area contributed by atoms with Crippen LogP contribution >= 0.6 is 32.3 Å². The number of hydrogen-bond acceptors (Lipinski definition) is 2. The van der Waals surface area contributed by atoms with Crippen LogP contribution in [0.2, 0.25) is 0 Å². The van der Waals surface area contributed by atoms with Gasteiger partial charge in [-0.3, -0.25) is 8.72 Å². The number of halogens is 2. The van der Waals surface area contributed by atoms with E-state index in [9.17, 15) is 4.79 Å². The largest absolute Gasteiger partial charge is 0.272 e. The zero-order chi connectivity index (χ0) is 13.5. The van der Waals surface area contributed by atoms with Crippen LogP contribution in [0.5, 0.6) is 0 Å². The number of unbranched alkanes of at least 4 members (excludes halogenated alkanes) is 4. The van der Waals surface area contributed by atoms with Crippen LogP contribution in [-0.2, 0) is 4.79 Å². The van der Waals surface area contributed by atoms with Crippen LogP contribution in [0, 0.1) is 0 Å². The second kappa shape index (κ2) is 8.54. The van der Waals surface area contributed by atoms with Crippen LogP contribution in [0.3, 0.4) is 0 Å². The summed E-state index contributed by atoms with van der Waals surface area (Å²) in [6, 6.07) is 0.00236. The van der Waals surface area contributed by atoms with Crippen molar-refractivity contribution in [1.82, 2.24) is 7.85 Å². The highest BCUT2D eigenvalue weighted by Gasteiger charge is 2.43. The molecule has 0 bridgehead atoms. The Morgan fingerprint density at radius 2 is 1.56 bits per heavy atom. The molecule has 0 aliphatic carbocycles. The van der Waals surface area contributed by atoms with Crippen LogP contribution in [-0.4, -0.2) is 26.0 Å². The Labute approximate surface area is 128 Å². The summed E-state index contributed by atoms with van der Waals surface area (Å²) in [5.41, 5.74) is 0. The first-order valence-corrected chi connectivity index (χ1v) is 8.48.